The molecule has 0 aliphatic heterocycles. The molecule has 1 aromatic carbocycles. The van der Waals surface area contributed by atoms with E-state index in [9.17, 15) is 0 Å². The van der Waals surface area contributed by atoms with Crippen molar-refractivity contribution in [1.82, 2.24) is 4.98 Å². The molecule has 0 unspecified atom stereocenters. The van der Waals surface area contributed by atoms with Gasteiger partial charge in [-0.15, -0.1) is 0 Å². The number of nitrogens with zero attached hydrogens (tertiary/aromatic N) is 1. The fourth-order valence-corrected chi connectivity index (χ4v) is 1.82. The Morgan fingerprint density at radius 3 is 2.71 bits per heavy atom. The molecule has 0 spiro atoms. The molecule has 0 amide bonds. The Morgan fingerprint density at radius 1 is 1.41 bits per heavy atom. The molecule has 0 saturated heterocycles. The van der Waals surface area contributed by atoms with Crippen LogP contribution in [0.15, 0.2) is 22.6 Å². The van der Waals surface area contributed by atoms with Gasteiger partial charge in [0, 0.05) is 12.6 Å². The second kappa shape index (κ2) is 4.67. The van der Waals surface area contributed by atoms with Crippen LogP contribution in [0, 0.1) is 6.92 Å². The Kier molecular flexibility index (Phi) is 3.24. The van der Waals surface area contributed by atoms with Gasteiger partial charge < -0.3 is 14.5 Å². The largest absolute Gasteiger partial charge is 0.497 e. The molecule has 1 aromatic heterocycles. The minimum atomic E-state index is 0.476. The van der Waals surface area contributed by atoms with Crippen molar-refractivity contribution in [2.24, 2.45) is 0 Å². The predicted molar refractivity (Wildman–Crippen MR) is 67.8 cm³/mol. The average Bonchev–Trinajstić information content (AvgIpc) is 2.70. The fourth-order valence-electron chi connectivity index (χ4n) is 1.56. The van der Waals surface area contributed by atoms with Crippen molar-refractivity contribution in [3.05, 3.63) is 28.9 Å². The van der Waals surface area contributed by atoms with Crippen LogP contribution in [0.1, 0.15) is 5.69 Å². The van der Waals surface area contributed by atoms with Crippen LogP contribution in [0.3, 0.4) is 0 Å². The smallest absolute Gasteiger partial charge is 0.295 e. The molecule has 0 aliphatic rings. The number of halogens is 1. The molecule has 5 heteroatoms. The highest BCUT2D eigenvalue weighted by Crippen LogP contribution is 2.34. The molecular formula is C12H13ClN2O2. The lowest BCUT2D eigenvalue weighted by Gasteiger charge is -2.04. The summed E-state index contributed by atoms with van der Waals surface area (Å²) in [5, 5.41) is 3.43. The monoisotopic (exact) mass is 252 g/mol. The van der Waals surface area contributed by atoms with Gasteiger partial charge in [-0.3, -0.25) is 0 Å². The normalized spacial score (nSPS) is 10.4. The van der Waals surface area contributed by atoms with Crippen LogP contribution in [0.5, 0.6) is 5.75 Å². The lowest BCUT2D eigenvalue weighted by Crippen LogP contribution is -1.85. The van der Waals surface area contributed by atoms with Gasteiger partial charge in [0.15, 0.2) is 5.76 Å². The SMILES string of the molecule is CNc1nc(C)c(-c2ccc(OC)cc2Cl)o1. The van der Waals surface area contributed by atoms with E-state index in [1.807, 2.05) is 19.1 Å². The summed E-state index contributed by atoms with van der Waals surface area (Å²) in [6.07, 6.45) is 0. The molecule has 1 N–H and O–H groups in total. The van der Waals surface area contributed by atoms with Crippen molar-refractivity contribution in [3.63, 3.8) is 0 Å². The van der Waals surface area contributed by atoms with Gasteiger partial charge in [-0.1, -0.05) is 11.6 Å². The van der Waals surface area contributed by atoms with Gasteiger partial charge in [-0.25, -0.2) is 0 Å². The van der Waals surface area contributed by atoms with Gasteiger partial charge in [-0.05, 0) is 25.1 Å². The summed E-state index contributed by atoms with van der Waals surface area (Å²) in [7, 11) is 3.36. The third-order valence-electron chi connectivity index (χ3n) is 2.43. The zero-order valence-electron chi connectivity index (χ0n) is 9.87. The Balaban J connectivity index is 2.48. The van der Waals surface area contributed by atoms with E-state index < -0.39 is 0 Å². The maximum Gasteiger partial charge on any atom is 0.295 e. The average molecular weight is 253 g/mol. The number of nitrogens with one attached hydrogen (secondary N) is 1. The lowest BCUT2D eigenvalue weighted by atomic mass is 10.1. The molecule has 90 valence electrons. The molecule has 0 atom stereocenters. The van der Waals surface area contributed by atoms with Gasteiger partial charge >= 0.3 is 0 Å². The summed E-state index contributed by atoms with van der Waals surface area (Å²) < 4.78 is 10.7. The first-order valence-corrected chi connectivity index (χ1v) is 5.52. The fraction of sp³-hybridized carbons (Fsp3) is 0.250. The van der Waals surface area contributed by atoms with Crippen LogP contribution in [0.4, 0.5) is 6.01 Å². The molecule has 0 fully saturated rings. The first kappa shape index (κ1) is 11.8. The third kappa shape index (κ3) is 2.22. The highest BCUT2D eigenvalue weighted by atomic mass is 35.5. The summed E-state index contributed by atoms with van der Waals surface area (Å²) in [6, 6.07) is 5.92. The molecule has 0 saturated carbocycles. The standard InChI is InChI=1S/C12H13ClN2O2/c1-7-11(17-12(14-2)15-7)9-5-4-8(16-3)6-10(9)13/h4-6H,1-3H3,(H,14,15). The Hall–Kier alpha value is -1.68. The summed E-state index contributed by atoms with van der Waals surface area (Å²) in [5.74, 6) is 1.38. The number of aromatic nitrogens is 1. The number of methoxy groups -OCH3 is 1. The number of rotatable bonds is 3. The van der Waals surface area contributed by atoms with Crippen LogP contribution >= 0.6 is 11.6 Å². The van der Waals surface area contributed by atoms with Gasteiger partial charge in [0.2, 0.25) is 0 Å². The maximum atomic E-state index is 6.18. The number of hydrogen-bond donors (Lipinski definition) is 1. The molecule has 0 radical (unpaired) electrons. The van der Waals surface area contributed by atoms with Crippen molar-refractivity contribution < 1.29 is 9.15 Å². The van der Waals surface area contributed by atoms with Gasteiger partial charge in [0.05, 0.1) is 17.8 Å². The minimum Gasteiger partial charge on any atom is -0.497 e. The van der Waals surface area contributed by atoms with E-state index in [0.29, 0.717) is 22.5 Å². The second-order valence-corrected chi connectivity index (χ2v) is 3.94. The Bertz CT molecular complexity index is 537. The highest BCUT2D eigenvalue weighted by molar-refractivity contribution is 6.33. The van der Waals surface area contributed by atoms with E-state index in [1.165, 1.54) is 0 Å². The van der Waals surface area contributed by atoms with Gasteiger partial charge in [-0.2, -0.15) is 4.98 Å². The number of hydrogen-bond acceptors (Lipinski definition) is 4. The van der Waals surface area contributed by atoms with Crippen molar-refractivity contribution in [2.75, 3.05) is 19.5 Å². The number of oxazole rings is 1. The van der Waals surface area contributed by atoms with Crippen LogP contribution < -0.4 is 10.1 Å². The van der Waals surface area contributed by atoms with Crippen LogP contribution in [-0.2, 0) is 0 Å². The number of ether oxygens (including phenoxy) is 1. The number of benzene rings is 1. The zero-order valence-corrected chi connectivity index (χ0v) is 10.6. The van der Waals surface area contributed by atoms with E-state index in [2.05, 4.69) is 10.3 Å². The van der Waals surface area contributed by atoms with Crippen molar-refractivity contribution >= 4 is 17.6 Å². The summed E-state index contributed by atoms with van der Waals surface area (Å²) >= 11 is 6.18. The second-order valence-electron chi connectivity index (χ2n) is 3.53. The van der Waals surface area contributed by atoms with Gasteiger partial charge in [0.1, 0.15) is 5.75 Å². The number of aryl methyl sites for hydroxylation is 1. The summed E-state index contributed by atoms with van der Waals surface area (Å²) in [4.78, 5) is 4.22. The zero-order chi connectivity index (χ0) is 12.4. The van der Waals surface area contributed by atoms with Gasteiger partial charge in [0.25, 0.3) is 6.01 Å². The van der Waals surface area contributed by atoms with E-state index in [-0.39, 0.29) is 0 Å². The molecule has 0 aliphatic carbocycles. The van der Waals surface area contributed by atoms with Crippen molar-refractivity contribution in [2.45, 2.75) is 6.92 Å². The molecular weight excluding hydrogens is 240 g/mol. The topological polar surface area (TPSA) is 47.3 Å². The quantitative estimate of drug-likeness (QED) is 0.910. The highest BCUT2D eigenvalue weighted by Gasteiger charge is 2.14. The molecule has 17 heavy (non-hydrogen) atoms. The summed E-state index contributed by atoms with van der Waals surface area (Å²) in [6.45, 7) is 1.88. The van der Waals surface area contributed by atoms with E-state index >= 15 is 0 Å². The number of anilines is 1. The third-order valence-corrected chi connectivity index (χ3v) is 2.74. The van der Waals surface area contributed by atoms with Crippen LogP contribution in [0.2, 0.25) is 5.02 Å². The van der Waals surface area contributed by atoms with Crippen molar-refractivity contribution in [3.8, 4) is 17.1 Å². The predicted octanol–water partition coefficient (Wildman–Crippen LogP) is 3.35. The minimum absolute atomic E-state index is 0.476. The first-order valence-electron chi connectivity index (χ1n) is 5.14. The van der Waals surface area contributed by atoms with Crippen molar-refractivity contribution in [1.29, 1.82) is 0 Å². The molecule has 1 heterocycles. The molecule has 2 rings (SSSR count). The summed E-state index contributed by atoms with van der Waals surface area (Å²) in [5.41, 5.74) is 1.60. The lowest BCUT2D eigenvalue weighted by molar-refractivity contribution is 0.415. The van der Waals surface area contributed by atoms with Crippen LogP contribution in [0.25, 0.3) is 11.3 Å². The molecule has 0 bridgehead atoms. The molecule has 4 nitrogen and oxygen atoms in total. The van der Waals surface area contributed by atoms with E-state index in [0.717, 1.165) is 11.3 Å². The maximum absolute atomic E-state index is 6.18. The first-order chi connectivity index (χ1) is 8.15. The van der Waals surface area contributed by atoms with Crippen LogP contribution in [-0.4, -0.2) is 19.1 Å². The molecule has 2 aromatic rings. The van der Waals surface area contributed by atoms with E-state index in [1.54, 1.807) is 20.2 Å². The Morgan fingerprint density at radius 2 is 2.18 bits per heavy atom. The Labute approximate surface area is 105 Å². The van der Waals surface area contributed by atoms with E-state index in [4.69, 9.17) is 20.8 Å².